The smallest absolute Gasteiger partial charge is 0.251 e. The first kappa shape index (κ1) is 13.4. The molecule has 5 nitrogen and oxygen atoms in total. The molecular formula is C11H22N2O3. The lowest BCUT2D eigenvalue weighted by Gasteiger charge is -2.32. The Hall–Kier alpha value is -0.650. The number of hydrogen-bond acceptors (Lipinski definition) is 4. The molecule has 0 saturated carbocycles. The van der Waals surface area contributed by atoms with E-state index in [1.54, 1.807) is 0 Å². The highest BCUT2D eigenvalue weighted by Gasteiger charge is 2.25. The Morgan fingerprint density at radius 3 is 2.88 bits per heavy atom. The summed E-state index contributed by atoms with van der Waals surface area (Å²) in [6.45, 7) is 9.01. The molecule has 0 radical (unpaired) electrons. The second-order valence-corrected chi connectivity index (χ2v) is 4.66. The zero-order valence-corrected chi connectivity index (χ0v) is 10.3. The number of morpholine rings is 1. The number of carbonyl (C=O) groups is 1. The van der Waals surface area contributed by atoms with E-state index in [-0.39, 0.29) is 12.0 Å². The van der Waals surface area contributed by atoms with E-state index in [2.05, 4.69) is 17.1 Å². The molecule has 0 aromatic carbocycles. The first-order valence-corrected chi connectivity index (χ1v) is 5.78. The van der Waals surface area contributed by atoms with Gasteiger partial charge in [0.25, 0.3) is 5.91 Å². The van der Waals surface area contributed by atoms with Gasteiger partial charge in [-0.3, -0.25) is 9.69 Å². The molecule has 1 unspecified atom stereocenters. The van der Waals surface area contributed by atoms with Crippen LogP contribution >= 0.6 is 0 Å². The molecule has 1 saturated heterocycles. The van der Waals surface area contributed by atoms with Gasteiger partial charge in [0, 0.05) is 19.6 Å². The average Bonchev–Trinajstić information content (AvgIpc) is 2.25. The number of carbonyl (C=O) groups excluding carboxylic acids is 1. The summed E-state index contributed by atoms with van der Waals surface area (Å²) in [4.78, 5) is 13.7. The van der Waals surface area contributed by atoms with Gasteiger partial charge in [-0.2, -0.15) is 0 Å². The van der Waals surface area contributed by atoms with Gasteiger partial charge in [-0.1, -0.05) is 6.92 Å². The van der Waals surface area contributed by atoms with Crippen molar-refractivity contribution >= 4 is 5.91 Å². The molecule has 1 rings (SSSR count). The van der Waals surface area contributed by atoms with Crippen molar-refractivity contribution < 1.29 is 14.6 Å². The number of ether oxygens (including phenoxy) is 1. The van der Waals surface area contributed by atoms with Gasteiger partial charge < -0.3 is 15.2 Å². The van der Waals surface area contributed by atoms with E-state index in [4.69, 9.17) is 4.74 Å². The number of rotatable bonds is 4. The van der Waals surface area contributed by atoms with Crippen LogP contribution in [-0.2, 0) is 9.53 Å². The molecule has 0 bridgehead atoms. The second-order valence-electron chi connectivity index (χ2n) is 4.66. The molecule has 0 aromatic heterocycles. The van der Waals surface area contributed by atoms with Crippen molar-refractivity contribution in [2.24, 2.45) is 0 Å². The van der Waals surface area contributed by atoms with E-state index in [0.717, 1.165) is 19.6 Å². The molecule has 0 aromatic rings. The van der Waals surface area contributed by atoms with Crippen LogP contribution in [0.1, 0.15) is 20.8 Å². The van der Waals surface area contributed by atoms with Crippen LogP contribution in [0, 0.1) is 0 Å². The number of amides is 1. The largest absolute Gasteiger partial charge is 0.381 e. The van der Waals surface area contributed by atoms with Crippen molar-refractivity contribution in [2.45, 2.75) is 32.5 Å². The topological polar surface area (TPSA) is 61.8 Å². The molecule has 2 N–H and O–H groups in total. The Bertz CT molecular complexity index is 238. The third-order valence-corrected chi connectivity index (χ3v) is 2.72. The molecule has 1 fully saturated rings. The highest BCUT2D eigenvalue weighted by atomic mass is 16.5. The fourth-order valence-electron chi connectivity index (χ4n) is 1.61. The van der Waals surface area contributed by atoms with Crippen molar-refractivity contribution in [3.05, 3.63) is 0 Å². The quantitative estimate of drug-likeness (QED) is 0.689. The van der Waals surface area contributed by atoms with Crippen LogP contribution in [0.15, 0.2) is 0 Å². The number of nitrogens with zero attached hydrogens (tertiary/aromatic N) is 1. The monoisotopic (exact) mass is 230 g/mol. The Morgan fingerprint density at radius 1 is 1.62 bits per heavy atom. The molecule has 1 heterocycles. The minimum atomic E-state index is -1.32. The average molecular weight is 230 g/mol. The molecule has 1 aliphatic rings. The zero-order valence-electron chi connectivity index (χ0n) is 10.3. The van der Waals surface area contributed by atoms with Crippen molar-refractivity contribution in [3.63, 3.8) is 0 Å². The molecule has 1 aliphatic heterocycles. The highest BCUT2D eigenvalue weighted by molar-refractivity contribution is 5.83. The van der Waals surface area contributed by atoms with Crippen molar-refractivity contribution in [1.29, 1.82) is 0 Å². The molecule has 0 aliphatic carbocycles. The van der Waals surface area contributed by atoms with Gasteiger partial charge in [0.1, 0.15) is 5.60 Å². The summed E-state index contributed by atoms with van der Waals surface area (Å²) in [5, 5.41) is 12.1. The highest BCUT2D eigenvalue weighted by Crippen LogP contribution is 2.05. The van der Waals surface area contributed by atoms with Crippen molar-refractivity contribution in [3.8, 4) is 0 Å². The number of aliphatic hydroxyl groups is 1. The minimum Gasteiger partial charge on any atom is -0.381 e. The van der Waals surface area contributed by atoms with Crippen LogP contribution in [0.25, 0.3) is 0 Å². The fraction of sp³-hybridized carbons (Fsp3) is 0.909. The van der Waals surface area contributed by atoms with E-state index < -0.39 is 5.60 Å². The van der Waals surface area contributed by atoms with Crippen molar-refractivity contribution in [2.75, 3.05) is 32.8 Å². The number of likely N-dealkylation sites (N-methyl/N-ethyl adjacent to an activating group) is 1. The summed E-state index contributed by atoms with van der Waals surface area (Å²) in [6.07, 6.45) is 0.0278. The lowest BCUT2D eigenvalue weighted by Crippen LogP contribution is -2.50. The Morgan fingerprint density at radius 2 is 2.31 bits per heavy atom. The summed E-state index contributed by atoms with van der Waals surface area (Å²) in [5.41, 5.74) is -1.32. The van der Waals surface area contributed by atoms with Gasteiger partial charge in [-0.05, 0) is 20.4 Å². The third-order valence-electron chi connectivity index (χ3n) is 2.72. The Kier molecular flexibility index (Phi) is 4.70. The third kappa shape index (κ3) is 4.08. The number of hydrogen-bond donors (Lipinski definition) is 2. The second kappa shape index (κ2) is 5.61. The summed E-state index contributed by atoms with van der Waals surface area (Å²) in [5.74, 6) is -0.357. The van der Waals surface area contributed by atoms with E-state index >= 15 is 0 Å². The van der Waals surface area contributed by atoms with Crippen LogP contribution in [-0.4, -0.2) is 60.4 Å². The summed E-state index contributed by atoms with van der Waals surface area (Å²) in [7, 11) is 0. The summed E-state index contributed by atoms with van der Waals surface area (Å²) in [6, 6.07) is 0. The van der Waals surface area contributed by atoms with Gasteiger partial charge in [0.2, 0.25) is 0 Å². The first-order valence-electron chi connectivity index (χ1n) is 5.78. The molecule has 94 valence electrons. The molecule has 16 heavy (non-hydrogen) atoms. The van der Waals surface area contributed by atoms with E-state index in [1.165, 1.54) is 13.8 Å². The Balaban J connectivity index is 2.30. The van der Waals surface area contributed by atoms with E-state index in [9.17, 15) is 9.90 Å². The van der Waals surface area contributed by atoms with Crippen molar-refractivity contribution in [1.82, 2.24) is 10.2 Å². The summed E-state index contributed by atoms with van der Waals surface area (Å²) < 4.78 is 5.54. The lowest BCUT2D eigenvalue weighted by molar-refractivity contribution is -0.137. The molecule has 5 heteroatoms. The van der Waals surface area contributed by atoms with Crippen LogP contribution in [0.4, 0.5) is 0 Å². The lowest BCUT2D eigenvalue weighted by atomic mass is 10.1. The summed E-state index contributed by atoms with van der Waals surface area (Å²) >= 11 is 0. The van der Waals surface area contributed by atoms with Crippen LogP contribution < -0.4 is 5.32 Å². The SMILES string of the molecule is CCN1CCOC(CNC(=O)C(C)(C)O)C1. The van der Waals surface area contributed by atoms with Crippen LogP contribution in [0.2, 0.25) is 0 Å². The predicted molar refractivity (Wildman–Crippen MR) is 61.2 cm³/mol. The normalized spacial score (nSPS) is 23.1. The first-order chi connectivity index (χ1) is 7.43. The van der Waals surface area contributed by atoms with E-state index in [0.29, 0.717) is 13.2 Å². The van der Waals surface area contributed by atoms with Gasteiger partial charge >= 0.3 is 0 Å². The molecule has 1 atom stereocenters. The zero-order chi connectivity index (χ0) is 12.2. The van der Waals surface area contributed by atoms with Crippen LogP contribution in [0.3, 0.4) is 0 Å². The van der Waals surface area contributed by atoms with Crippen LogP contribution in [0.5, 0.6) is 0 Å². The molecule has 1 amide bonds. The standard InChI is InChI=1S/C11H22N2O3/c1-4-13-5-6-16-9(8-13)7-12-10(14)11(2,3)15/h9,15H,4-8H2,1-3H3,(H,12,14). The fourth-order valence-corrected chi connectivity index (χ4v) is 1.61. The maximum Gasteiger partial charge on any atom is 0.251 e. The predicted octanol–water partition coefficient (Wildman–Crippen LogP) is -0.406. The van der Waals surface area contributed by atoms with Gasteiger partial charge in [-0.15, -0.1) is 0 Å². The van der Waals surface area contributed by atoms with Gasteiger partial charge in [0.15, 0.2) is 0 Å². The van der Waals surface area contributed by atoms with Gasteiger partial charge in [-0.25, -0.2) is 0 Å². The minimum absolute atomic E-state index is 0.0278. The van der Waals surface area contributed by atoms with Gasteiger partial charge in [0.05, 0.1) is 12.7 Å². The maximum absolute atomic E-state index is 11.4. The maximum atomic E-state index is 11.4. The molecule has 0 spiro atoms. The Labute approximate surface area is 96.8 Å². The van der Waals surface area contributed by atoms with E-state index in [1.807, 2.05) is 0 Å². The number of nitrogens with one attached hydrogen (secondary N) is 1. The molecular weight excluding hydrogens is 208 g/mol.